The molecule has 98 valence electrons. The van der Waals surface area contributed by atoms with Crippen LogP contribution in [0.2, 0.25) is 0 Å². The van der Waals surface area contributed by atoms with Gasteiger partial charge in [-0.15, -0.1) is 0 Å². The first-order valence-corrected chi connectivity index (χ1v) is 5.65. The van der Waals surface area contributed by atoms with Crippen molar-refractivity contribution in [3.63, 3.8) is 0 Å². The largest absolute Gasteiger partial charge is 0.497 e. The third-order valence-electron chi connectivity index (χ3n) is 3.57. The molecule has 1 aliphatic rings. The first-order chi connectivity index (χ1) is 8.16. The summed E-state index contributed by atoms with van der Waals surface area (Å²) in [5.74, 6) is -4.01. The van der Waals surface area contributed by atoms with E-state index in [1.807, 2.05) is 0 Å². The summed E-state index contributed by atoms with van der Waals surface area (Å²) in [6.07, 6.45) is 0. The highest BCUT2D eigenvalue weighted by atomic mass is 19.2. The van der Waals surface area contributed by atoms with Gasteiger partial charge in [-0.25, -0.2) is 13.2 Å². The van der Waals surface area contributed by atoms with Crippen molar-refractivity contribution in [3.05, 3.63) is 29.6 Å². The quantitative estimate of drug-likeness (QED) is 0.568. The maximum atomic E-state index is 13.6. The lowest BCUT2D eigenvalue weighted by molar-refractivity contribution is 0.00578. The molecule has 0 bridgehead atoms. The lowest BCUT2D eigenvalue weighted by Gasteiger charge is -2.32. The molecule has 6 heteroatoms. The molecule has 0 amide bonds. The molecule has 0 aromatic heterocycles. The van der Waals surface area contributed by atoms with E-state index in [2.05, 4.69) is 0 Å². The van der Waals surface area contributed by atoms with Crippen LogP contribution in [0.4, 0.5) is 13.2 Å². The average molecular weight is 258 g/mol. The molecule has 0 atom stereocenters. The molecule has 0 spiro atoms. The Morgan fingerprint density at radius 1 is 0.889 bits per heavy atom. The lowest BCUT2D eigenvalue weighted by Crippen LogP contribution is -2.41. The third-order valence-corrected chi connectivity index (χ3v) is 3.57. The minimum Gasteiger partial charge on any atom is -0.399 e. The Labute approximate surface area is 104 Å². The van der Waals surface area contributed by atoms with Crippen LogP contribution in [0.5, 0.6) is 0 Å². The fourth-order valence-electron chi connectivity index (χ4n) is 1.69. The van der Waals surface area contributed by atoms with Gasteiger partial charge in [-0.05, 0) is 33.8 Å². The number of benzene rings is 1. The van der Waals surface area contributed by atoms with Gasteiger partial charge in [0.2, 0.25) is 0 Å². The van der Waals surface area contributed by atoms with Crippen molar-refractivity contribution in [2.45, 2.75) is 38.9 Å². The fraction of sp³-hybridized carbons (Fsp3) is 0.500. The number of hydrogen-bond acceptors (Lipinski definition) is 2. The van der Waals surface area contributed by atoms with E-state index in [9.17, 15) is 13.2 Å². The SMILES string of the molecule is CC1(C)OB(c2ccc(F)c(F)c2F)OC1(C)C. The number of halogens is 3. The van der Waals surface area contributed by atoms with Crippen LogP contribution in [0, 0.1) is 17.5 Å². The molecule has 1 aromatic carbocycles. The zero-order valence-electron chi connectivity index (χ0n) is 10.7. The van der Waals surface area contributed by atoms with Crippen LogP contribution in [0.25, 0.3) is 0 Å². The van der Waals surface area contributed by atoms with Crippen LogP contribution in [0.1, 0.15) is 27.7 Å². The third kappa shape index (κ3) is 1.93. The van der Waals surface area contributed by atoms with E-state index in [1.165, 1.54) is 0 Å². The van der Waals surface area contributed by atoms with Crippen LogP contribution in [-0.2, 0) is 9.31 Å². The van der Waals surface area contributed by atoms with Crippen LogP contribution in [0.3, 0.4) is 0 Å². The Morgan fingerprint density at radius 2 is 1.39 bits per heavy atom. The Kier molecular flexibility index (Phi) is 2.98. The molecular weight excluding hydrogens is 244 g/mol. The maximum Gasteiger partial charge on any atom is 0.497 e. The van der Waals surface area contributed by atoms with Crippen molar-refractivity contribution >= 4 is 12.6 Å². The monoisotopic (exact) mass is 258 g/mol. The Bertz CT molecular complexity index is 472. The van der Waals surface area contributed by atoms with E-state index in [-0.39, 0.29) is 5.46 Å². The number of hydrogen-bond donors (Lipinski definition) is 0. The highest BCUT2D eigenvalue weighted by Crippen LogP contribution is 2.36. The van der Waals surface area contributed by atoms with Crippen LogP contribution in [0.15, 0.2) is 12.1 Å². The van der Waals surface area contributed by atoms with Gasteiger partial charge >= 0.3 is 7.12 Å². The maximum absolute atomic E-state index is 13.6. The molecule has 1 saturated heterocycles. The first kappa shape index (κ1) is 13.4. The Balaban J connectivity index is 2.39. The van der Waals surface area contributed by atoms with Gasteiger partial charge in [0.05, 0.1) is 11.2 Å². The molecule has 1 heterocycles. The van der Waals surface area contributed by atoms with Crippen molar-refractivity contribution in [2.24, 2.45) is 0 Å². The molecule has 2 nitrogen and oxygen atoms in total. The fourth-order valence-corrected chi connectivity index (χ4v) is 1.69. The smallest absolute Gasteiger partial charge is 0.399 e. The van der Waals surface area contributed by atoms with Gasteiger partial charge in [0.15, 0.2) is 17.5 Å². The van der Waals surface area contributed by atoms with Crippen molar-refractivity contribution in [1.82, 2.24) is 0 Å². The highest BCUT2D eigenvalue weighted by molar-refractivity contribution is 6.62. The van der Waals surface area contributed by atoms with Gasteiger partial charge in [0.25, 0.3) is 0 Å². The Hall–Kier alpha value is -1.01. The van der Waals surface area contributed by atoms with Crippen molar-refractivity contribution in [1.29, 1.82) is 0 Å². The highest BCUT2D eigenvalue weighted by Gasteiger charge is 2.52. The molecule has 2 rings (SSSR count). The van der Waals surface area contributed by atoms with Gasteiger partial charge in [-0.1, -0.05) is 6.07 Å². The molecule has 0 unspecified atom stereocenters. The second-order valence-electron chi connectivity index (χ2n) is 5.35. The second-order valence-corrected chi connectivity index (χ2v) is 5.35. The topological polar surface area (TPSA) is 18.5 Å². The van der Waals surface area contributed by atoms with Crippen LogP contribution < -0.4 is 5.46 Å². The predicted molar refractivity (Wildman–Crippen MR) is 62.0 cm³/mol. The lowest BCUT2D eigenvalue weighted by atomic mass is 9.78. The summed E-state index contributed by atoms with van der Waals surface area (Å²) in [5, 5.41) is 0. The van der Waals surface area contributed by atoms with Crippen LogP contribution >= 0.6 is 0 Å². The van der Waals surface area contributed by atoms with E-state index in [0.29, 0.717) is 0 Å². The van der Waals surface area contributed by atoms with Gasteiger partial charge in [0.1, 0.15) is 0 Å². The van der Waals surface area contributed by atoms with E-state index >= 15 is 0 Å². The second kappa shape index (κ2) is 4.00. The van der Waals surface area contributed by atoms with E-state index in [4.69, 9.17) is 9.31 Å². The first-order valence-electron chi connectivity index (χ1n) is 5.65. The zero-order chi connectivity index (χ0) is 13.7. The van der Waals surface area contributed by atoms with Gasteiger partial charge in [0, 0.05) is 5.46 Å². The molecule has 1 aromatic rings. The predicted octanol–water partition coefficient (Wildman–Crippen LogP) is 2.40. The van der Waals surface area contributed by atoms with Gasteiger partial charge in [-0.2, -0.15) is 0 Å². The average Bonchev–Trinajstić information content (AvgIpc) is 2.45. The molecule has 1 aliphatic heterocycles. The summed E-state index contributed by atoms with van der Waals surface area (Å²) in [5.41, 5.74) is -1.45. The molecule has 0 aliphatic carbocycles. The summed E-state index contributed by atoms with van der Waals surface area (Å²) in [6.45, 7) is 7.19. The van der Waals surface area contributed by atoms with Gasteiger partial charge < -0.3 is 9.31 Å². The minimum atomic E-state index is -1.51. The molecule has 18 heavy (non-hydrogen) atoms. The number of rotatable bonds is 1. The molecule has 0 saturated carbocycles. The van der Waals surface area contributed by atoms with Gasteiger partial charge in [-0.3, -0.25) is 0 Å². The van der Waals surface area contributed by atoms with E-state index in [0.717, 1.165) is 12.1 Å². The van der Waals surface area contributed by atoms with Crippen molar-refractivity contribution < 1.29 is 22.5 Å². The summed E-state index contributed by atoms with van der Waals surface area (Å²) in [6, 6.07) is 1.99. The van der Waals surface area contributed by atoms with Crippen molar-refractivity contribution in [3.8, 4) is 0 Å². The summed E-state index contributed by atoms with van der Waals surface area (Å²) in [7, 11) is -1.04. The standard InChI is InChI=1S/C12H14BF3O2/c1-11(2)12(3,4)18-13(17-11)7-5-6-8(14)10(16)9(7)15/h5-6H,1-4H3. The van der Waals surface area contributed by atoms with Crippen molar-refractivity contribution in [2.75, 3.05) is 0 Å². The van der Waals surface area contributed by atoms with E-state index in [1.54, 1.807) is 27.7 Å². The molecule has 0 radical (unpaired) electrons. The van der Waals surface area contributed by atoms with E-state index < -0.39 is 35.8 Å². The molecule has 0 N–H and O–H groups in total. The molecule has 1 fully saturated rings. The normalized spacial score (nSPS) is 21.4. The zero-order valence-corrected chi connectivity index (χ0v) is 10.7. The summed E-state index contributed by atoms with van der Waals surface area (Å²) in [4.78, 5) is 0. The summed E-state index contributed by atoms with van der Waals surface area (Å²) >= 11 is 0. The minimum absolute atomic E-state index is 0.132. The molecular formula is C12H14BF3O2. The van der Waals surface area contributed by atoms with Crippen LogP contribution in [-0.4, -0.2) is 18.3 Å². The Morgan fingerprint density at radius 3 is 1.89 bits per heavy atom. The summed E-state index contributed by atoms with van der Waals surface area (Å²) < 4.78 is 50.8.